The molecule has 2 atom stereocenters. The molecule has 0 bridgehead atoms. The molecule has 0 aromatic heterocycles. The van der Waals surface area contributed by atoms with Crippen molar-refractivity contribution in [2.45, 2.75) is 52.1 Å². The Balaban J connectivity index is 4.16. The van der Waals surface area contributed by atoms with Crippen LogP contribution < -0.4 is 11.1 Å². The van der Waals surface area contributed by atoms with Crippen molar-refractivity contribution in [3.8, 4) is 0 Å². The molecule has 96 valence electrons. The van der Waals surface area contributed by atoms with Crippen molar-refractivity contribution in [3.63, 3.8) is 0 Å². The molecule has 0 spiro atoms. The lowest BCUT2D eigenvalue weighted by molar-refractivity contribution is 0.212. The minimum Gasteiger partial charge on any atom is -0.409 e. The lowest BCUT2D eigenvalue weighted by Crippen LogP contribution is -2.43. The van der Waals surface area contributed by atoms with Crippen LogP contribution in [0.5, 0.6) is 0 Å². The first-order valence-electron chi connectivity index (χ1n) is 5.86. The van der Waals surface area contributed by atoms with Gasteiger partial charge in [0.1, 0.15) is 5.84 Å². The molecular formula is C11H25N3O2. The zero-order chi connectivity index (χ0) is 12.6. The molecule has 0 radical (unpaired) electrons. The van der Waals surface area contributed by atoms with E-state index in [1.807, 2.05) is 6.92 Å². The maximum atomic E-state index is 9.24. The number of nitrogens with zero attached hydrogens (tertiary/aromatic N) is 1. The smallest absolute Gasteiger partial charge is 0.140 e. The van der Waals surface area contributed by atoms with Crippen LogP contribution in [0.1, 0.15) is 40.0 Å². The third-order valence-corrected chi connectivity index (χ3v) is 2.52. The summed E-state index contributed by atoms with van der Waals surface area (Å²) in [5.41, 5.74) is 5.47. The molecule has 5 heteroatoms. The van der Waals surface area contributed by atoms with Crippen LogP contribution in [-0.2, 0) is 0 Å². The summed E-state index contributed by atoms with van der Waals surface area (Å²) in [6.07, 6.45) is 2.30. The summed E-state index contributed by atoms with van der Waals surface area (Å²) in [5.74, 6) is 0.756. The predicted molar refractivity (Wildman–Crippen MR) is 65.6 cm³/mol. The van der Waals surface area contributed by atoms with Crippen molar-refractivity contribution in [1.29, 1.82) is 0 Å². The van der Waals surface area contributed by atoms with Crippen LogP contribution >= 0.6 is 0 Å². The molecule has 0 aromatic rings. The summed E-state index contributed by atoms with van der Waals surface area (Å²) in [6.45, 7) is 6.39. The first-order valence-corrected chi connectivity index (χ1v) is 5.86. The SMILES string of the molecule is CCC(CC(N)=NO)NC(CO)CC(C)C. The maximum absolute atomic E-state index is 9.24. The van der Waals surface area contributed by atoms with Gasteiger partial charge in [0.15, 0.2) is 0 Å². The molecule has 0 saturated carbocycles. The van der Waals surface area contributed by atoms with Gasteiger partial charge < -0.3 is 21.4 Å². The van der Waals surface area contributed by atoms with E-state index in [1.165, 1.54) is 0 Å². The summed E-state index contributed by atoms with van der Waals surface area (Å²) >= 11 is 0. The Bertz CT molecular complexity index is 207. The van der Waals surface area contributed by atoms with Gasteiger partial charge >= 0.3 is 0 Å². The molecule has 0 aliphatic rings. The number of oxime groups is 1. The molecule has 0 amide bonds. The van der Waals surface area contributed by atoms with Gasteiger partial charge in [0.05, 0.1) is 6.61 Å². The number of nitrogens with two attached hydrogens (primary N) is 1. The molecule has 0 saturated heterocycles. The van der Waals surface area contributed by atoms with Gasteiger partial charge in [-0.15, -0.1) is 0 Å². The van der Waals surface area contributed by atoms with Crippen molar-refractivity contribution >= 4 is 5.84 Å². The molecule has 0 aromatic carbocycles. The molecule has 5 N–H and O–H groups in total. The monoisotopic (exact) mass is 231 g/mol. The van der Waals surface area contributed by atoms with Crippen LogP contribution in [-0.4, -0.2) is 34.8 Å². The van der Waals surface area contributed by atoms with Crippen molar-refractivity contribution in [3.05, 3.63) is 0 Å². The number of aliphatic hydroxyl groups is 1. The minimum atomic E-state index is 0.0800. The van der Waals surface area contributed by atoms with Crippen LogP contribution in [0, 0.1) is 5.92 Å². The Morgan fingerprint density at radius 3 is 2.38 bits per heavy atom. The summed E-state index contributed by atoms with van der Waals surface area (Å²) in [6, 6.07) is 0.225. The van der Waals surface area contributed by atoms with E-state index >= 15 is 0 Å². The number of nitrogens with one attached hydrogen (secondary N) is 1. The van der Waals surface area contributed by atoms with Gasteiger partial charge in [-0.1, -0.05) is 25.9 Å². The normalized spacial score (nSPS) is 16.4. The topological polar surface area (TPSA) is 90.9 Å². The summed E-state index contributed by atoms with van der Waals surface area (Å²) in [5, 5.41) is 24.0. The van der Waals surface area contributed by atoms with Gasteiger partial charge in [-0.05, 0) is 18.8 Å². The Labute approximate surface area is 97.7 Å². The third-order valence-electron chi connectivity index (χ3n) is 2.52. The number of rotatable bonds is 8. The lowest BCUT2D eigenvalue weighted by atomic mass is 10.0. The fourth-order valence-corrected chi connectivity index (χ4v) is 1.71. The minimum absolute atomic E-state index is 0.0800. The summed E-state index contributed by atoms with van der Waals surface area (Å²) < 4.78 is 0. The van der Waals surface area contributed by atoms with Gasteiger partial charge in [0.25, 0.3) is 0 Å². The Morgan fingerprint density at radius 2 is 2.00 bits per heavy atom. The average molecular weight is 231 g/mol. The van der Waals surface area contributed by atoms with Crippen LogP contribution in [0.3, 0.4) is 0 Å². The highest BCUT2D eigenvalue weighted by atomic mass is 16.4. The van der Waals surface area contributed by atoms with Crippen molar-refractivity contribution in [2.75, 3.05) is 6.61 Å². The second-order valence-corrected chi connectivity index (χ2v) is 4.58. The maximum Gasteiger partial charge on any atom is 0.140 e. The predicted octanol–water partition coefficient (Wildman–Crippen LogP) is 0.898. The molecule has 0 rings (SSSR count). The van der Waals surface area contributed by atoms with Crippen LogP contribution in [0.15, 0.2) is 5.16 Å². The Morgan fingerprint density at radius 1 is 1.38 bits per heavy atom. The van der Waals surface area contributed by atoms with Gasteiger partial charge in [-0.2, -0.15) is 0 Å². The first-order chi connectivity index (χ1) is 7.53. The zero-order valence-corrected chi connectivity index (χ0v) is 10.5. The lowest BCUT2D eigenvalue weighted by Gasteiger charge is -2.24. The largest absolute Gasteiger partial charge is 0.409 e. The van der Waals surface area contributed by atoms with Crippen LogP contribution in [0.25, 0.3) is 0 Å². The number of amidine groups is 1. The molecule has 0 fully saturated rings. The molecular weight excluding hydrogens is 206 g/mol. The van der Waals surface area contributed by atoms with Crippen molar-refractivity contribution < 1.29 is 10.3 Å². The van der Waals surface area contributed by atoms with Crippen molar-refractivity contribution in [1.82, 2.24) is 5.32 Å². The standard InChI is InChI=1S/C11H25N3O2/c1-4-9(6-11(12)14-16)13-10(7-15)5-8(2)3/h8-10,13,15-16H,4-7H2,1-3H3,(H2,12,14). The highest BCUT2D eigenvalue weighted by Gasteiger charge is 2.15. The number of hydrogen-bond acceptors (Lipinski definition) is 4. The van der Waals surface area contributed by atoms with E-state index < -0.39 is 0 Å². The average Bonchev–Trinajstić information content (AvgIpc) is 2.25. The van der Waals surface area contributed by atoms with E-state index in [2.05, 4.69) is 24.3 Å². The fourth-order valence-electron chi connectivity index (χ4n) is 1.71. The van der Waals surface area contributed by atoms with E-state index in [0.29, 0.717) is 12.3 Å². The molecule has 5 nitrogen and oxygen atoms in total. The number of aliphatic hydroxyl groups excluding tert-OH is 1. The molecule has 0 aliphatic carbocycles. The van der Waals surface area contributed by atoms with E-state index in [-0.39, 0.29) is 24.5 Å². The molecule has 16 heavy (non-hydrogen) atoms. The first kappa shape index (κ1) is 15.2. The second-order valence-electron chi connectivity index (χ2n) is 4.58. The van der Waals surface area contributed by atoms with Crippen LogP contribution in [0.4, 0.5) is 0 Å². The quantitative estimate of drug-likeness (QED) is 0.216. The summed E-state index contributed by atoms with van der Waals surface area (Å²) in [7, 11) is 0. The van der Waals surface area contributed by atoms with E-state index in [4.69, 9.17) is 10.9 Å². The number of hydrogen-bond donors (Lipinski definition) is 4. The molecule has 0 heterocycles. The van der Waals surface area contributed by atoms with Gasteiger partial charge in [-0.3, -0.25) is 0 Å². The Kier molecular flexibility index (Phi) is 7.93. The second kappa shape index (κ2) is 8.35. The third kappa shape index (κ3) is 6.63. The fraction of sp³-hybridized carbons (Fsp3) is 0.909. The van der Waals surface area contributed by atoms with Crippen molar-refractivity contribution in [2.24, 2.45) is 16.8 Å². The van der Waals surface area contributed by atoms with Gasteiger partial charge in [-0.25, -0.2) is 0 Å². The highest BCUT2D eigenvalue weighted by molar-refractivity contribution is 5.80. The highest BCUT2D eigenvalue weighted by Crippen LogP contribution is 2.07. The van der Waals surface area contributed by atoms with E-state index in [9.17, 15) is 5.11 Å². The summed E-state index contributed by atoms with van der Waals surface area (Å²) in [4.78, 5) is 0. The molecule has 0 aliphatic heterocycles. The molecule has 2 unspecified atom stereocenters. The van der Waals surface area contributed by atoms with Gasteiger partial charge in [0, 0.05) is 18.5 Å². The van der Waals surface area contributed by atoms with E-state index in [0.717, 1.165) is 12.8 Å². The van der Waals surface area contributed by atoms with Crippen LogP contribution in [0.2, 0.25) is 0 Å². The Hall–Kier alpha value is -0.810. The van der Waals surface area contributed by atoms with Gasteiger partial charge in [0.2, 0.25) is 0 Å². The zero-order valence-electron chi connectivity index (χ0n) is 10.5. The van der Waals surface area contributed by atoms with E-state index in [1.54, 1.807) is 0 Å².